The van der Waals surface area contributed by atoms with E-state index in [0.717, 1.165) is 5.56 Å². The maximum absolute atomic E-state index is 12.6. The van der Waals surface area contributed by atoms with Crippen LogP contribution in [0.1, 0.15) is 32.3 Å². The van der Waals surface area contributed by atoms with Crippen molar-refractivity contribution >= 4 is 17.7 Å². The van der Waals surface area contributed by atoms with E-state index in [1.165, 1.54) is 0 Å². The van der Waals surface area contributed by atoms with Gasteiger partial charge < -0.3 is 15.7 Å². The van der Waals surface area contributed by atoms with Gasteiger partial charge in [0.1, 0.15) is 0 Å². The van der Waals surface area contributed by atoms with Gasteiger partial charge >= 0.3 is 0 Å². The lowest BCUT2D eigenvalue weighted by atomic mass is 9.84. The second-order valence-corrected chi connectivity index (χ2v) is 7.97. The molecule has 0 unspecified atom stereocenters. The Kier molecular flexibility index (Phi) is 5.20. The van der Waals surface area contributed by atoms with E-state index in [-0.39, 0.29) is 10.7 Å². The van der Waals surface area contributed by atoms with Crippen molar-refractivity contribution in [3.63, 3.8) is 0 Å². The number of aliphatic hydroxyl groups is 1. The van der Waals surface area contributed by atoms with Crippen LogP contribution in [0.25, 0.3) is 0 Å². The molecular weight excluding hydrogens is 296 g/mol. The van der Waals surface area contributed by atoms with Gasteiger partial charge in [-0.05, 0) is 38.5 Å². The molecule has 1 aromatic rings. The van der Waals surface area contributed by atoms with Crippen molar-refractivity contribution in [3.8, 4) is 0 Å². The van der Waals surface area contributed by atoms with E-state index in [9.17, 15) is 9.90 Å². The number of hydrogen-bond donors (Lipinski definition) is 2. The molecule has 1 aromatic carbocycles. The van der Waals surface area contributed by atoms with Crippen molar-refractivity contribution in [1.82, 2.24) is 4.90 Å². The Morgan fingerprint density at radius 3 is 2.36 bits per heavy atom. The molecule has 1 atom stereocenters. The van der Waals surface area contributed by atoms with Crippen LogP contribution in [0.15, 0.2) is 30.3 Å². The standard InChI is InChI=1S/C17H26N2O2S/c1-16(2,22-3)14(18)15(20)19-11-9-17(21,10-12-19)13-7-5-4-6-8-13/h4-8,14,21H,9-12,18H2,1-3H3/t14-/m1/s1. The van der Waals surface area contributed by atoms with Crippen LogP contribution in [-0.2, 0) is 10.4 Å². The second kappa shape index (κ2) is 6.60. The number of nitrogens with zero attached hydrogens (tertiary/aromatic N) is 1. The number of piperidine rings is 1. The second-order valence-electron chi connectivity index (χ2n) is 6.51. The number of hydrogen-bond acceptors (Lipinski definition) is 4. The number of likely N-dealkylation sites (tertiary alicyclic amines) is 1. The summed E-state index contributed by atoms with van der Waals surface area (Å²) < 4.78 is -0.287. The molecule has 22 heavy (non-hydrogen) atoms. The summed E-state index contributed by atoms with van der Waals surface area (Å²) in [6.45, 7) is 5.07. The Morgan fingerprint density at radius 2 is 1.86 bits per heavy atom. The summed E-state index contributed by atoms with van der Waals surface area (Å²) >= 11 is 1.60. The average Bonchev–Trinajstić information content (AvgIpc) is 2.55. The maximum atomic E-state index is 12.6. The molecule has 0 aliphatic carbocycles. The van der Waals surface area contributed by atoms with Gasteiger partial charge in [0, 0.05) is 17.8 Å². The number of benzene rings is 1. The quantitative estimate of drug-likeness (QED) is 0.889. The lowest BCUT2D eigenvalue weighted by Crippen LogP contribution is -2.56. The summed E-state index contributed by atoms with van der Waals surface area (Å²) in [6.07, 6.45) is 3.07. The fraction of sp³-hybridized carbons (Fsp3) is 0.588. The summed E-state index contributed by atoms with van der Waals surface area (Å²) in [6, 6.07) is 9.17. The van der Waals surface area contributed by atoms with Gasteiger partial charge in [-0.15, -0.1) is 0 Å². The number of carbonyl (C=O) groups excluding carboxylic acids is 1. The Hall–Kier alpha value is -1.04. The minimum Gasteiger partial charge on any atom is -0.385 e. The highest BCUT2D eigenvalue weighted by molar-refractivity contribution is 8.00. The Labute approximate surface area is 137 Å². The third-order valence-electron chi connectivity index (χ3n) is 4.75. The molecule has 0 bridgehead atoms. The lowest BCUT2D eigenvalue weighted by molar-refractivity contribution is -0.137. The van der Waals surface area contributed by atoms with Crippen molar-refractivity contribution in [2.75, 3.05) is 19.3 Å². The van der Waals surface area contributed by atoms with Crippen LogP contribution in [0, 0.1) is 0 Å². The first-order valence-corrected chi connectivity index (χ1v) is 8.90. The van der Waals surface area contributed by atoms with Crippen LogP contribution in [0.4, 0.5) is 0 Å². The predicted octanol–water partition coefficient (Wildman–Crippen LogP) is 1.97. The first kappa shape index (κ1) is 17.3. The van der Waals surface area contributed by atoms with Crippen molar-refractivity contribution in [3.05, 3.63) is 35.9 Å². The number of carbonyl (C=O) groups is 1. The van der Waals surface area contributed by atoms with Crippen LogP contribution >= 0.6 is 11.8 Å². The zero-order valence-electron chi connectivity index (χ0n) is 13.6. The van der Waals surface area contributed by atoms with E-state index in [4.69, 9.17) is 5.73 Å². The number of thioether (sulfide) groups is 1. The Morgan fingerprint density at radius 1 is 1.32 bits per heavy atom. The molecular formula is C17H26N2O2S. The molecule has 0 radical (unpaired) electrons. The maximum Gasteiger partial charge on any atom is 0.240 e. The molecule has 3 N–H and O–H groups in total. The van der Waals surface area contributed by atoms with Crippen molar-refractivity contribution in [2.45, 2.75) is 43.1 Å². The average molecular weight is 322 g/mol. The minimum atomic E-state index is -0.836. The Bertz CT molecular complexity index is 511. The van der Waals surface area contributed by atoms with Gasteiger partial charge in [-0.3, -0.25) is 4.79 Å². The van der Waals surface area contributed by atoms with E-state index >= 15 is 0 Å². The molecule has 1 heterocycles. The van der Waals surface area contributed by atoms with Crippen molar-refractivity contribution in [2.24, 2.45) is 5.73 Å². The van der Waals surface area contributed by atoms with E-state index in [1.807, 2.05) is 50.4 Å². The zero-order chi connectivity index (χ0) is 16.4. The van der Waals surface area contributed by atoms with Crippen LogP contribution < -0.4 is 5.73 Å². The molecule has 1 aliphatic rings. The highest BCUT2D eigenvalue weighted by atomic mass is 32.2. The van der Waals surface area contributed by atoms with Crippen LogP contribution in [-0.4, -0.2) is 46.0 Å². The molecule has 0 spiro atoms. The highest BCUT2D eigenvalue weighted by Crippen LogP contribution is 2.33. The summed E-state index contributed by atoms with van der Waals surface area (Å²) in [5.74, 6) is -0.0190. The van der Waals surface area contributed by atoms with Gasteiger partial charge in [0.2, 0.25) is 5.91 Å². The first-order chi connectivity index (χ1) is 10.3. The smallest absolute Gasteiger partial charge is 0.240 e. The number of amides is 1. The number of nitrogens with two attached hydrogens (primary N) is 1. The van der Waals surface area contributed by atoms with Crippen molar-refractivity contribution in [1.29, 1.82) is 0 Å². The molecule has 122 valence electrons. The molecule has 1 amide bonds. The molecule has 1 fully saturated rings. The lowest BCUT2D eigenvalue weighted by Gasteiger charge is -2.41. The van der Waals surface area contributed by atoms with Gasteiger partial charge in [0.05, 0.1) is 11.6 Å². The fourth-order valence-electron chi connectivity index (χ4n) is 2.76. The van der Waals surface area contributed by atoms with Crippen LogP contribution in [0.2, 0.25) is 0 Å². The van der Waals surface area contributed by atoms with E-state index in [1.54, 1.807) is 16.7 Å². The molecule has 0 saturated carbocycles. The van der Waals surface area contributed by atoms with Gasteiger partial charge in [0.25, 0.3) is 0 Å². The van der Waals surface area contributed by atoms with Gasteiger partial charge in [-0.1, -0.05) is 30.3 Å². The molecule has 2 rings (SSSR count). The summed E-state index contributed by atoms with van der Waals surface area (Å²) in [7, 11) is 0. The molecule has 1 aliphatic heterocycles. The molecule has 0 aromatic heterocycles. The third kappa shape index (κ3) is 3.47. The summed E-state index contributed by atoms with van der Waals surface area (Å²) in [5.41, 5.74) is 6.23. The predicted molar refractivity (Wildman–Crippen MR) is 91.7 cm³/mol. The van der Waals surface area contributed by atoms with Crippen LogP contribution in [0.3, 0.4) is 0 Å². The zero-order valence-corrected chi connectivity index (χ0v) is 14.4. The van der Waals surface area contributed by atoms with E-state index < -0.39 is 11.6 Å². The van der Waals surface area contributed by atoms with E-state index in [2.05, 4.69) is 0 Å². The molecule has 5 heteroatoms. The number of rotatable bonds is 4. The third-order valence-corrected chi connectivity index (χ3v) is 6.06. The SMILES string of the molecule is CSC(C)(C)[C@H](N)C(=O)N1CCC(O)(c2ccccc2)CC1. The minimum absolute atomic E-state index is 0.0190. The van der Waals surface area contributed by atoms with Crippen LogP contribution in [0.5, 0.6) is 0 Å². The normalized spacial score (nSPS) is 19.8. The van der Waals surface area contributed by atoms with E-state index in [0.29, 0.717) is 25.9 Å². The van der Waals surface area contributed by atoms with Gasteiger partial charge in [-0.2, -0.15) is 11.8 Å². The monoisotopic (exact) mass is 322 g/mol. The van der Waals surface area contributed by atoms with Crippen molar-refractivity contribution < 1.29 is 9.90 Å². The highest BCUT2D eigenvalue weighted by Gasteiger charge is 2.39. The topological polar surface area (TPSA) is 66.6 Å². The molecule has 1 saturated heterocycles. The van der Waals surface area contributed by atoms with Gasteiger partial charge in [0.15, 0.2) is 0 Å². The van der Waals surface area contributed by atoms with Gasteiger partial charge in [-0.25, -0.2) is 0 Å². The molecule has 4 nitrogen and oxygen atoms in total. The fourth-order valence-corrected chi connectivity index (χ4v) is 3.11. The Balaban J connectivity index is 2.02. The largest absolute Gasteiger partial charge is 0.385 e. The summed E-state index contributed by atoms with van der Waals surface area (Å²) in [4.78, 5) is 14.3. The summed E-state index contributed by atoms with van der Waals surface area (Å²) in [5, 5.41) is 10.8. The first-order valence-electron chi connectivity index (χ1n) is 7.67.